The molecule has 0 saturated carbocycles. The van der Waals surface area contributed by atoms with Crippen LogP contribution in [0.25, 0.3) is 0 Å². The number of hydrogen-bond acceptors (Lipinski definition) is 3. The molecular weight excluding hydrogens is 265 g/mol. The number of rotatable bonds is 2. The number of alkyl halides is 3. The maximum atomic E-state index is 11.8. The summed E-state index contributed by atoms with van der Waals surface area (Å²) in [4.78, 5) is 3.47. The highest BCUT2D eigenvalue weighted by atomic mass is 79.9. The van der Waals surface area contributed by atoms with E-state index in [1.807, 2.05) is 0 Å². The fourth-order valence-corrected chi connectivity index (χ4v) is 1.20. The van der Waals surface area contributed by atoms with Gasteiger partial charge in [0.25, 0.3) is 0 Å². The first-order valence-corrected chi connectivity index (χ1v) is 4.32. The summed E-state index contributed by atoms with van der Waals surface area (Å²) in [6.07, 6.45) is -3.54. The molecule has 78 valence electrons. The Bertz CT molecular complexity index is 329. The molecule has 3 nitrogen and oxygen atoms in total. The van der Waals surface area contributed by atoms with Crippen LogP contribution in [-0.2, 0) is 6.54 Å². The molecule has 0 aliphatic heterocycles. The zero-order chi connectivity index (χ0) is 10.8. The third-order valence-electron chi connectivity index (χ3n) is 1.32. The minimum Gasteiger partial charge on any atom is -0.388 e. The van der Waals surface area contributed by atoms with E-state index in [0.717, 1.165) is 0 Å². The predicted octanol–water partition coefficient (Wildman–Crippen LogP) is 2.20. The molecule has 0 fully saturated rings. The second kappa shape index (κ2) is 4.14. The van der Waals surface area contributed by atoms with Gasteiger partial charge in [-0.25, -0.2) is 4.98 Å². The monoisotopic (exact) mass is 270 g/mol. The highest BCUT2D eigenvalue weighted by molar-refractivity contribution is 9.10. The summed E-state index contributed by atoms with van der Waals surface area (Å²) in [5.74, 6) is -0.511. The van der Waals surface area contributed by atoms with Crippen LogP contribution in [0, 0.1) is 0 Å². The van der Waals surface area contributed by atoms with E-state index in [9.17, 15) is 13.2 Å². The van der Waals surface area contributed by atoms with Gasteiger partial charge >= 0.3 is 6.36 Å². The average Bonchev–Trinajstić information content (AvgIpc) is 2.06. The van der Waals surface area contributed by atoms with Crippen LogP contribution in [-0.4, -0.2) is 11.3 Å². The van der Waals surface area contributed by atoms with E-state index in [2.05, 4.69) is 25.7 Å². The first kappa shape index (κ1) is 11.3. The number of hydrogen-bond donors (Lipinski definition) is 1. The number of aromatic nitrogens is 1. The Kier molecular flexibility index (Phi) is 3.33. The minimum absolute atomic E-state index is 0.0716. The number of ether oxygens (including phenoxy) is 1. The standard InChI is InChI=1S/C7H6BrF3N2O/c8-5-1-4(2-12)6(13-3-5)14-7(9,10)11/h1,3H,2,12H2. The number of nitrogens with zero attached hydrogens (tertiary/aromatic N) is 1. The summed E-state index contributed by atoms with van der Waals surface area (Å²) in [5, 5.41) is 0. The van der Waals surface area contributed by atoms with Gasteiger partial charge in [-0.1, -0.05) is 0 Å². The molecule has 7 heteroatoms. The molecule has 1 aromatic rings. The van der Waals surface area contributed by atoms with Crippen molar-refractivity contribution >= 4 is 15.9 Å². The summed E-state index contributed by atoms with van der Waals surface area (Å²) in [6, 6.07) is 1.42. The van der Waals surface area contributed by atoms with Gasteiger partial charge < -0.3 is 10.5 Å². The maximum absolute atomic E-state index is 11.8. The largest absolute Gasteiger partial charge is 0.574 e. The normalized spacial score (nSPS) is 11.5. The molecule has 0 saturated heterocycles. The average molecular weight is 271 g/mol. The SMILES string of the molecule is NCc1cc(Br)cnc1OC(F)(F)F. The second-order valence-electron chi connectivity index (χ2n) is 2.37. The van der Waals surface area contributed by atoms with Crippen molar-refractivity contribution in [3.05, 3.63) is 22.3 Å². The number of halogens is 4. The smallest absolute Gasteiger partial charge is 0.388 e. The van der Waals surface area contributed by atoms with Crippen LogP contribution in [0.15, 0.2) is 16.7 Å². The van der Waals surface area contributed by atoms with Gasteiger partial charge in [0.05, 0.1) is 0 Å². The molecule has 1 aromatic heterocycles. The lowest BCUT2D eigenvalue weighted by molar-refractivity contribution is -0.276. The van der Waals surface area contributed by atoms with Gasteiger partial charge in [0.2, 0.25) is 5.88 Å². The van der Waals surface area contributed by atoms with E-state index in [1.54, 1.807) is 0 Å². The lowest BCUT2D eigenvalue weighted by Gasteiger charge is -2.10. The van der Waals surface area contributed by atoms with Crippen LogP contribution in [0.2, 0.25) is 0 Å². The summed E-state index contributed by atoms with van der Waals surface area (Å²) < 4.78 is 39.7. The Labute approximate surface area is 86.2 Å². The van der Waals surface area contributed by atoms with Crippen molar-refractivity contribution in [2.45, 2.75) is 12.9 Å². The highest BCUT2D eigenvalue weighted by Crippen LogP contribution is 2.25. The maximum Gasteiger partial charge on any atom is 0.574 e. The van der Waals surface area contributed by atoms with Gasteiger partial charge in [-0.05, 0) is 22.0 Å². The van der Waals surface area contributed by atoms with Gasteiger partial charge in [0.15, 0.2) is 0 Å². The van der Waals surface area contributed by atoms with Gasteiger partial charge in [-0.15, -0.1) is 13.2 Å². The number of pyridine rings is 1. The summed E-state index contributed by atoms with van der Waals surface area (Å²) in [6.45, 7) is -0.0716. The third kappa shape index (κ3) is 3.15. The molecule has 0 aromatic carbocycles. The van der Waals surface area contributed by atoms with Crippen molar-refractivity contribution in [3.8, 4) is 5.88 Å². The fourth-order valence-electron chi connectivity index (χ4n) is 0.816. The van der Waals surface area contributed by atoms with Crippen LogP contribution in [0.1, 0.15) is 5.56 Å². The Morgan fingerprint density at radius 3 is 2.64 bits per heavy atom. The molecule has 1 heterocycles. The Morgan fingerprint density at radius 2 is 2.14 bits per heavy atom. The molecule has 0 bridgehead atoms. The molecule has 0 aliphatic carbocycles. The Morgan fingerprint density at radius 1 is 1.50 bits per heavy atom. The predicted molar refractivity (Wildman–Crippen MR) is 46.5 cm³/mol. The first-order chi connectivity index (χ1) is 6.42. The lowest BCUT2D eigenvalue weighted by Crippen LogP contribution is -2.19. The molecule has 14 heavy (non-hydrogen) atoms. The molecule has 0 unspecified atom stereocenters. The minimum atomic E-state index is -4.75. The molecule has 0 radical (unpaired) electrons. The second-order valence-corrected chi connectivity index (χ2v) is 3.29. The molecule has 2 N–H and O–H groups in total. The van der Waals surface area contributed by atoms with Crippen molar-refractivity contribution in [1.29, 1.82) is 0 Å². The van der Waals surface area contributed by atoms with Crippen LogP contribution in [0.5, 0.6) is 5.88 Å². The molecule has 0 spiro atoms. The van der Waals surface area contributed by atoms with Crippen molar-refractivity contribution in [2.24, 2.45) is 5.73 Å². The summed E-state index contributed by atoms with van der Waals surface area (Å²) >= 11 is 3.06. The molecule has 0 amide bonds. The van der Waals surface area contributed by atoms with Gasteiger partial charge in [-0.3, -0.25) is 0 Å². The van der Waals surface area contributed by atoms with Crippen LogP contribution >= 0.6 is 15.9 Å². The highest BCUT2D eigenvalue weighted by Gasteiger charge is 2.32. The van der Waals surface area contributed by atoms with Crippen LogP contribution in [0.4, 0.5) is 13.2 Å². The van der Waals surface area contributed by atoms with Crippen LogP contribution in [0.3, 0.4) is 0 Å². The van der Waals surface area contributed by atoms with E-state index in [-0.39, 0.29) is 12.1 Å². The molecular formula is C7H6BrF3N2O. The van der Waals surface area contributed by atoms with E-state index >= 15 is 0 Å². The summed E-state index contributed by atoms with van der Waals surface area (Å²) in [5.41, 5.74) is 5.42. The van der Waals surface area contributed by atoms with E-state index in [0.29, 0.717) is 4.47 Å². The van der Waals surface area contributed by atoms with Crippen molar-refractivity contribution < 1.29 is 17.9 Å². The van der Waals surface area contributed by atoms with Gasteiger partial charge in [-0.2, -0.15) is 0 Å². The molecule has 1 rings (SSSR count). The van der Waals surface area contributed by atoms with E-state index in [4.69, 9.17) is 5.73 Å². The molecule has 0 atom stereocenters. The molecule has 0 aliphatic rings. The lowest BCUT2D eigenvalue weighted by atomic mass is 10.3. The zero-order valence-corrected chi connectivity index (χ0v) is 8.39. The Balaban J connectivity index is 2.97. The topological polar surface area (TPSA) is 48.1 Å². The zero-order valence-electron chi connectivity index (χ0n) is 6.81. The fraction of sp³-hybridized carbons (Fsp3) is 0.286. The third-order valence-corrected chi connectivity index (χ3v) is 1.76. The summed E-state index contributed by atoms with van der Waals surface area (Å²) in [7, 11) is 0. The van der Waals surface area contributed by atoms with Gasteiger partial charge in [0, 0.05) is 22.8 Å². The van der Waals surface area contributed by atoms with E-state index in [1.165, 1.54) is 12.3 Å². The van der Waals surface area contributed by atoms with Crippen molar-refractivity contribution in [2.75, 3.05) is 0 Å². The van der Waals surface area contributed by atoms with Crippen molar-refractivity contribution in [3.63, 3.8) is 0 Å². The van der Waals surface area contributed by atoms with Crippen molar-refractivity contribution in [1.82, 2.24) is 4.98 Å². The Hall–Kier alpha value is -0.820. The van der Waals surface area contributed by atoms with E-state index < -0.39 is 12.2 Å². The first-order valence-electron chi connectivity index (χ1n) is 3.52. The van der Waals surface area contributed by atoms with Gasteiger partial charge in [0.1, 0.15) is 0 Å². The quantitative estimate of drug-likeness (QED) is 0.897. The number of nitrogens with two attached hydrogens (primary N) is 1. The van der Waals surface area contributed by atoms with Crippen LogP contribution < -0.4 is 10.5 Å².